The number of nitrogens with one attached hydrogen (secondary N) is 1. The Morgan fingerprint density at radius 3 is 2.71 bits per heavy atom. The zero-order valence-corrected chi connectivity index (χ0v) is 21.4. The number of aryl methyl sites for hydroxylation is 3. The first-order valence-electron chi connectivity index (χ1n) is 11.7. The van der Waals surface area contributed by atoms with Crippen molar-refractivity contribution in [3.8, 4) is 22.8 Å². The van der Waals surface area contributed by atoms with Gasteiger partial charge in [0.05, 0.1) is 34.3 Å². The van der Waals surface area contributed by atoms with Crippen LogP contribution in [0.1, 0.15) is 28.5 Å². The van der Waals surface area contributed by atoms with E-state index in [0.29, 0.717) is 23.0 Å². The molecule has 11 nitrogen and oxygen atoms in total. The Bertz CT molecular complexity index is 1710. The van der Waals surface area contributed by atoms with Crippen LogP contribution in [0.2, 0.25) is 5.02 Å². The Labute approximate surface area is 221 Å². The lowest BCUT2D eigenvalue weighted by Gasteiger charge is -2.11. The maximum Gasteiger partial charge on any atom is 0.275 e. The molecule has 3 aromatic heterocycles. The van der Waals surface area contributed by atoms with E-state index in [1.165, 1.54) is 24.4 Å². The summed E-state index contributed by atoms with van der Waals surface area (Å²) in [6, 6.07) is 10.9. The fraction of sp³-hybridized carbons (Fsp3) is 0.154. The molecular formula is C26H22ClN7O4. The Balaban J connectivity index is 1.47. The van der Waals surface area contributed by atoms with Gasteiger partial charge in [0.25, 0.3) is 11.6 Å². The van der Waals surface area contributed by atoms with Gasteiger partial charge in [0.1, 0.15) is 17.1 Å². The second-order valence-corrected chi connectivity index (χ2v) is 8.98. The standard InChI is InChI=1S/C26H22ClN7O4/c1-4-32-14-22(16(3)31-32)23-7-8-28-25-21(13-29-33(23)25)26(35)30-18-10-19(34(36)37)12-20(11-18)38-24-6-5-17(27)9-15(24)2/h5-14H,4H2,1-3H3,(H,30,35). The lowest BCUT2D eigenvalue weighted by atomic mass is 10.2. The first kappa shape index (κ1) is 24.9. The van der Waals surface area contributed by atoms with Crippen molar-refractivity contribution in [1.82, 2.24) is 24.4 Å². The molecular weight excluding hydrogens is 510 g/mol. The van der Waals surface area contributed by atoms with E-state index in [-0.39, 0.29) is 22.7 Å². The number of carbonyl (C=O) groups is 1. The maximum absolute atomic E-state index is 13.3. The van der Waals surface area contributed by atoms with Crippen LogP contribution in [-0.4, -0.2) is 35.2 Å². The number of benzene rings is 2. The number of aromatic nitrogens is 5. The highest BCUT2D eigenvalue weighted by Gasteiger charge is 2.20. The number of amides is 1. The zero-order chi connectivity index (χ0) is 27.0. The van der Waals surface area contributed by atoms with Crippen molar-refractivity contribution in [3.05, 3.63) is 93.0 Å². The summed E-state index contributed by atoms with van der Waals surface area (Å²) in [5.41, 5.74) is 3.65. The van der Waals surface area contributed by atoms with Crippen LogP contribution in [0.25, 0.3) is 16.9 Å². The van der Waals surface area contributed by atoms with Gasteiger partial charge >= 0.3 is 0 Å². The van der Waals surface area contributed by atoms with Crippen LogP contribution >= 0.6 is 11.6 Å². The smallest absolute Gasteiger partial charge is 0.275 e. The largest absolute Gasteiger partial charge is 0.457 e. The summed E-state index contributed by atoms with van der Waals surface area (Å²) >= 11 is 6.01. The number of hydrogen-bond acceptors (Lipinski definition) is 7. The summed E-state index contributed by atoms with van der Waals surface area (Å²) in [6.45, 7) is 6.42. The normalized spacial score (nSPS) is 11.1. The Morgan fingerprint density at radius 2 is 2.00 bits per heavy atom. The number of fused-ring (bicyclic) bond motifs is 1. The highest BCUT2D eigenvalue weighted by molar-refractivity contribution is 6.30. The van der Waals surface area contributed by atoms with Gasteiger partial charge < -0.3 is 10.1 Å². The molecule has 0 spiro atoms. The molecule has 0 aliphatic carbocycles. The first-order valence-corrected chi connectivity index (χ1v) is 12.0. The van der Waals surface area contributed by atoms with Gasteiger partial charge in [-0.05, 0) is 50.6 Å². The highest BCUT2D eigenvalue weighted by Crippen LogP contribution is 2.32. The SMILES string of the molecule is CCn1cc(-c2ccnc3c(C(=O)Nc4cc(Oc5ccc(Cl)cc5C)cc([N+](=O)[O-])c4)cnn23)c(C)n1. The fourth-order valence-corrected chi connectivity index (χ4v) is 4.29. The number of nitrogens with zero attached hydrogens (tertiary/aromatic N) is 6. The van der Waals surface area contributed by atoms with Crippen molar-refractivity contribution in [3.63, 3.8) is 0 Å². The molecule has 12 heteroatoms. The molecule has 0 atom stereocenters. The Kier molecular flexibility index (Phi) is 6.52. The van der Waals surface area contributed by atoms with Gasteiger partial charge in [0.15, 0.2) is 5.65 Å². The third kappa shape index (κ3) is 4.78. The number of halogens is 1. The van der Waals surface area contributed by atoms with Gasteiger partial charge in [-0.25, -0.2) is 9.50 Å². The van der Waals surface area contributed by atoms with Crippen LogP contribution in [0.5, 0.6) is 11.5 Å². The van der Waals surface area contributed by atoms with Crippen LogP contribution < -0.4 is 10.1 Å². The van der Waals surface area contributed by atoms with Gasteiger partial charge in [0, 0.05) is 41.7 Å². The number of nitro groups is 1. The van der Waals surface area contributed by atoms with Gasteiger partial charge in [-0.1, -0.05) is 11.6 Å². The molecule has 0 aliphatic rings. The lowest BCUT2D eigenvalue weighted by molar-refractivity contribution is -0.384. The molecule has 192 valence electrons. The van der Waals surface area contributed by atoms with Crippen LogP contribution in [-0.2, 0) is 6.54 Å². The van der Waals surface area contributed by atoms with Crippen molar-refractivity contribution in [2.45, 2.75) is 27.3 Å². The lowest BCUT2D eigenvalue weighted by Crippen LogP contribution is -2.12. The molecule has 0 bridgehead atoms. The molecule has 5 aromatic rings. The van der Waals surface area contributed by atoms with Crippen LogP contribution in [0.15, 0.2) is 61.1 Å². The van der Waals surface area contributed by atoms with E-state index in [0.717, 1.165) is 22.5 Å². The highest BCUT2D eigenvalue weighted by atomic mass is 35.5. The summed E-state index contributed by atoms with van der Waals surface area (Å²) in [7, 11) is 0. The van der Waals surface area contributed by atoms with Crippen molar-refractivity contribution >= 4 is 34.5 Å². The zero-order valence-electron chi connectivity index (χ0n) is 20.7. The number of hydrogen-bond donors (Lipinski definition) is 1. The van der Waals surface area contributed by atoms with Crippen molar-refractivity contribution in [1.29, 1.82) is 0 Å². The summed E-state index contributed by atoms with van der Waals surface area (Å²) in [5.74, 6) is 0.136. The molecule has 0 unspecified atom stereocenters. The molecule has 5 rings (SSSR count). The number of carbonyl (C=O) groups excluding carboxylic acids is 1. The van der Waals surface area contributed by atoms with Crippen LogP contribution in [0.3, 0.4) is 0 Å². The number of rotatable bonds is 7. The van der Waals surface area contributed by atoms with Crippen molar-refractivity contribution in [2.75, 3.05) is 5.32 Å². The van der Waals surface area contributed by atoms with Crippen LogP contribution in [0, 0.1) is 24.0 Å². The number of nitro benzene ring substituents is 1. The van der Waals surface area contributed by atoms with Crippen molar-refractivity contribution < 1.29 is 14.5 Å². The molecule has 3 heterocycles. The third-order valence-electron chi connectivity index (χ3n) is 5.92. The quantitative estimate of drug-likeness (QED) is 0.206. The first-order chi connectivity index (χ1) is 18.2. The monoisotopic (exact) mass is 531 g/mol. The van der Waals surface area contributed by atoms with E-state index in [1.807, 2.05) is 31.6 Å². The molecule has 0 saturated heterocycles. The van der Waals surface area contributed by atoms with E-state index in [2.05, 4.69) is 20.5 Å². The van der Waals surface area contributed by atoms with Gasteiger partial charge in [-0.15, -0.1) is 0 Å². The van der Waals surface area contributed by atoms with E-state index in [9.17, 15) is 14.9 Å². The summed E-state index contributed by atoms with van der Waals surface area (Å²) in [6.07, 6.45) is 4.92. The molecule has 1 N–H and O–H groups in total. The Morgan fingerprint density at radius 1 is 1.18 bits per heavy atom. The predicted molar refractivity (Wildman–Crippen MR) is 142 cm³/mol. The average molecular weight is 532 g/mol. The minimum Gasteiger partial charge on any atom is -0.457 e. The second-order valence-electron chi connectivity index (χ2n) is 8.55. The van der Waals surface area contributed by atoms with Gasteiger partial charge in [-0.2, -0.15) is 10.2 Å². The predicted octanol–water partition coefficient (Wildman–Crippen LogP) is 5.84. The topological polar surface area (TPSA) is 129 Å². The molecule has 0 radical (unpaired) electrons. The number of anilines is 1. The second kappa shape index (κ2) is 9.94. The van der Waals surface area contributed by atoms with E-state index in [4.69, 9.17) is 16.3 Å². The third-order valence-corrected chi connectivity index (χ3v) is 6.15. The summed E-state index contributed by atoms with van der Waals surface area (Å²) in [5, 5.41) is 23.7. The molecule has 0 fully saturated rings. The fourth-order valence-electron chi connectivity index (χ4n) is 4.06. The van der Waals surface area contributed by atoms with Gasteiger partial charge in [0.2, 0.25) is 0 Å². The minimum atomic E-state index is -0.556. The van der Waals surface area contributed by atoms with Crippen LogP contribution in [0.4, 0.5) is 11.4 Å². The number of non-ortho nitro benzene ring substituents is 1. The van der Waals surface area contributed by atoms with E-state index >= 15 is 0 Å². The molecule has 0 saturated carbocycles. The molecule has 38 heavy (non-hydrogen) atoms. The Hall–Kier alpha value is -4.77. The number of ether oxygens (including phenoxy) is 1. The van der Waals surface area contributed by atoms with E-state index < -0.39 is 10.8 Å². The molecule has 1 amide bonds. The van der Waals surface area contributed by atoms with Crippen molar-refractivity contribution in [2.24, 2.45) is 0 Å². The minimum absolute atomic E-state index is 0.182. The summed E-state index contributed by atoms with van der Waals surface area (Å²) in [4.78, 5) is 28.6. The molecule has 0 aliphatic heterocycles. The average Bonchev–Trinajstić information content (AvgIpc) is 3.49. The maximum atomic E-state index is 13.3. The van der Waals surface area contributed by atoms with E-state index in [1.54, 1.807) is 35.0 Å². The van der Waals surface area contributed by atoms with Gasteiger partial charge in [-0.3, -0.25) is 19.6 Å². The molecule has 2 aromatic carbocycles. The summed E-state index contributed by atoms with van der Waals surface area (Å²) < 4.78 is 9.27.